The first-order valence-corrected chi connectivity index (χ1v) is 8.09. The molecule has 1 heterocycles. The van der Waals surface area contributed by atoms with Crippen LogP contribution in [-0.2, 0) is 20.6 Å². The van der Waals surface area contributed by atoms with Crippen LogP contribution < -0.4 is 5.32 Å². The zero-order valence-corrected chi connectivity index (χ0v) is 13.3. The number of nitrogens with one attached hydrogen (secondary N) is 1. The van der Waals surface area contributed by atoms with E-state index in [1.807, 2.05) is 0 Å². The molecule has 1 saturated carbocycles. The molecule has 1 N–H and O–H groups in total. The lowest BCUT2D eigenvalue weighted by Crippen LogP contribution is -2.38. The molecule has 1 saturated heterocycles. The Morgan fingerprint density at radius 2 is 1.72 bits per heavy atom. The standard InChI is InChI=1S/C17H17F3N2O3/c18-17(19,20)10-4-3-5-11(8-10)21-14(23)9-22-15(24)12-6-1-2-7-13(12)16(22)25/h3-5,8,12-13H,1-2,6-7,9H2,(H,21,23)/t12-,13+. The predicted octanol–water partition coefficient (Wildman–Crippen LogP) is 2.82. The molecular weight excluding hydrogens is 337 g/mol. The number of rotatable bonds is 3. The van der Waals surface area contributed by atoms with Gasteiger partial charge in [-0.2, -0.15) is 13.2 Å². The summed E-state index contributed by atoms with van der Waals surface area (Å²) >= 11 is 0. The molecule has 3 rings (SSSR count). The van der Waals surface area contributed by atoms with Crippen molar-refractivity contribution in [1.82, 2.24) is 4.90 Å². The summed E-state index contributed by atoms with van der Waals surface area (Å²) in [7, 11) is 0. The van der Waals surface area contributed by atoms with Crippen LogP contribution in [0.25, 0.3) is 0 Å². The van der Waals surface area contributed by atoms with Crippen LogP contribution >= 0.6 is 0 Å². The van der Waals surface area contributed by atoms with E-state index in [1.54, 1.807) is 0 Å². The fourth-order valence-electron chi connectivity index (χ4n) is 3.50. The molecule has 2 fully saturated rings. The van der Waals surface area contributed by atoms with Crippen molar-refractivity contribution in [2.45, 2.75) is 31.9 Å². The monoisotopic (exact) mass is 354 g/mol. The van der Waals surface area contributed by atoms with Crippen LogP contribution in [0, 0.1) is 11.8 Å². The van der Waals surface area contributed by atoms with E-state index in [0.717, 1.165) is 29.9 Å². The normalized spacial score (nSPS) is 23.6. The molecule has 134 valence electrons. The van der Waals surface area contributed by atoms with Crippen molar-refractivity contribution < 1.29 is 27.6 Å². The van der Waals surface area contributed by atoms with Gasteiger partial charge in [0.05, 0.1) is 17.4 Å². The molecule has 0 bridgehead atoms. The zero-order chi connectivity index (χ0) is 18.2. The van der Waals surface area contributed by atoms with Gasteiger partial charge in [0.2, 0.25) is 17.7 Å². The maximum Gasteiger partial charge on any atom is 0.416 e. The summed E-state index contributed by atoms with van der Waals surface area (Å²) in [6.45, 7) is -0.471. The van der Waals surface area contributed by atoms with Crippen LogP contribution in [-0.4, -0.2) is 29.2 Å². The number of hydrogen-bond donors (Lipinski definition) is 1. The number of likely N-dealkylation sites (tertiary alicyclic amines) is 1. The molecular formula is C17H17F3N2O3. The van der Waals surface area contributed by atoms with E-state index in [4.69, 9.17) is 0 Å². The van der Waals surface area contributed by atoms with Crippen LogP contribution in [0.2, 0.25) is 0 Å². The second-order valence-electron chi connectivity index (χ2n) is 6.39. The number of halogens is 3. The Hall–Kier alpha value is -2.38. The maximum absolute atomic E-state index is 12.7. The fourth-order valence-corrected chi connectivity index (χ4v) is 3.50. The van der Waals surface area contributed by atoms with Gasteiger partial charge in [-0.3, -0.25) is 19.3 Å². The number of amides is 3. The Balaban J connectivity index is 1.67. The molecule has 1 aliphatic carbocycles. The Morgan fingerprint density at radius 3 is 2.28 bits per heavy atom. The Bertz CT molecular complexity index is 693. The molecule has 3 amide bonds. The number of alkyl halides is 3. The molecule has 25 heavy (non-hydrogen) atoms. The minimum atomic E-state index is -4.52. The van der Waals surface area contributed by atoms with E-state index in [-0.39, 0.29) is 29.3 Å². The lowest BCUT2D eigenvalue weighted by Gasteiger charge is -2.19. The smallest absolute Gasteiger partial charge is 0.325 e. The maximum atomic E-state index is 12.7. The zero-order valence-electron chi connectivity index (χ0n) is 13.3. The topological polar surface area (TPSA) is 66.5 Å². The summed E-state index contributed by atoms with van der Waals surface area (Å²) in [5.41, 5.74) is -0.916. The van der Waals surface area contributed by atoms with E-state index >= 15 is 0 Å². The van der Waals surface area contributed by atoms with Gasteiger partial charge in [0.25, 0.3) is 0 Å². The number of benzene rings is 1. The van der Waals surface area contributed by atoms with Crippen molar-refractivity contribution in [3.05, 3.63) is 29.8 Å². The van der Waals surface area contributed by atoms with Gasteiger partial charge < -0.3 is 5.32 Å². The number of imide groups is 1. The second-order valence-corrected chi connectivity index (χ2v) is 6.39. The quantitative estimate of drug-likeness (QED) is 0.849. The van der Waals surface area contributed by atoms with Crippen LogP contribution in [0.1, 0.15) is 31.2 Å². The number of carbonyl (C=O) groups excluding carboxylic acids is 3. The third-order valence-electron chi connectivity index (χ3n) is 4.71. The van der Waals surface area contributed by atoms with Gasteiger partial charge in [-0.05, 0) is 31.0 Å². The summed E-state index contributed by atoms with van der Waals surface area (Å²) in [5.74, 6) is -2.12. The van der Waals surface area contributed by atoms with Gasteiger partial charge >= 0.3 is 6.18 Å². The second kappa shape index (κ2) is 6.50. The van der Waals surface area contributed by atoms with E-state index in [1.165, 1.54) is 12.1 Å². The highest BCUT2D eigenvalue weighted by Gasteiger charge is 2.48. The molecule has 5 nitrogen and oxygen atoms in total. The first-order valence-electron chi connectivity index (χ1n) is 8.09. The summed E-state index contributed by atoms with van der Waals surface area (Å²) < 4.78 is 38.1. The van der Waals surface area contributed by atoms with E-state index in [2.05, 4.69) is 5.32 Å². The van der Waals surface area contributed by atoms with Crippen LogP contribution in [0.4, 0.5) is 18.9 Å². The summed E-state index contributed by atoms with van der Waals surface area (Å²) in [6.07, 6.45) is -1.48. The largest absolute Gasteiger partial charge is 0.416 e. The van der Waals surface area contributed by atoms with Gasteiger partial charge in [-0.1, -0.05) is 18.9 Å². The molecule has 1 aromatic rings. The molecule has 0 unspecified atom stereocenters. The van der Waals surface area contributed by atoms with Gasteiger partial charge in [-0.15, -0.1) is 0 Å². The minimum absolute atomic E-state index is 0.0312. The Kier molecular flexibility index (Phi) is 4.53. The average molecular weight is 354 g/mol. The van der Waals surface area contributed by atoms with E-state index in [0.29, 0.717) is 12.8 Å². The van der Waals surface area contributed by atoms with Crippen LogP contribution in [0.3, 0.4) is 0 Å². The molecule has 2 aliphatic rings. The summed E-state index contributed by atoms with van der Waals surface area (Å²) in [5, 5.41) is 2.32. The number of nitrogens with zero attached hydrogens (tertiary/aromatic N) is 1. The summed E-state index contributed by atoms with van der Waals surface area (Å²) in [6, 6.07) is 4.21. The predicted molar refractivity (Wildman–Crippen MR) is 82.2 cm³/mol. The van der Waals surface area contributed by atoms with E-state index < -0.39 is 24.2 Å². The highest BCUT2D eigenvalue weighted by atomic mass is 19.4. The van der Waals surface area contributed by atoms with E-state index in [9.17, 15) is 27.6 Å². The van der Waals surface area contributed by atoms with Crippen LogP contribution in [0.5, 0.6) is 0 Å². The molecule has 1 aliphatic heterocycles. The Morgan fingerprint density at radius 1 is 1.12 bits per heavy atom. The molecule has 2 atom stereocenters. The molecule has 8 heteroatoms. The molecule has 0 spiro atoms. The lowest BCUT2D eigenvalue weighted by molar-refractivity contribution is -0.142. The first kappa shape index (κ1) is 17.4. The van der Waals surface area contributed by atoms with Crippen molar-refractivity contribution >= 4 is 23.4 Å². The lowest BCUT2D eigenvalue weighted by atomic mass is 9.81. The van der Waals surface area contributed by atoms with Crippen molar-refractivity contribution in [3.8, 4) is 0 Å². The average Bonchev–Trinajstić information content (AvgIpc) is 2.80. The van der Waals surface area contributed by atoms with Gasteiger partial charge in [0.15, 0.2) is 0 Å². The molecule has 0 aromatic heterocycles. The third kappa shape index (κ3) is 3.52. The summed E-state index contributed by atoms with van der Waals surface area (Å²) in [4.78, 5) is 37.6. The number of hydrogen-bond acceptors (Lipinski definition) is 3. The highest BCUT2D eigenvalue weighted by molar-refractivity contribution is 6.08. The minimum Gasteiger partial charge on any atom is -0.325 e. The van der Waals surface area contributed by atoms with Gasteiger partial charge in [-0.25, -0.2) is 0 Å². The van der Waals surface area contributed by atoms with Crippen LogP contribution in [0.15, 0.2) is 24.3 Å². The molecule has 0 radical (unpaired) electrons. The third-order valence-corrected chi connectivity index (χ3v) is 4.71. The van der Waals surface area contributed by atoms with Crippen molar-refractivity contribution in [3.63, 3.8) is 0 Å². The van der Waals surface area contributed by atoms with Gasteiger partial charge in [0.1, 0.15) is 6.54 Å². The fraction of sp³-hybridized carbons (Fsp3) is 0.471. The number of carbonyl (C=O) groups is 3. The van der Waals surface area contributed by atoms with Crippen molar-refractivity contribution in [2.75, 3.05) is 11.9 Å². The number of anilines is 1. The van der Waals surface area contributed by atoms with Crippen molar-refractivity contribution in [1.29, 1.82) is 0 Å². The molecule has 1 aromatic carbocycles. The van der Waals surface area contributed by atoms with Gasteiger partial charge in [0, 0.05) is 5.69 Å². The Labute approximate surface area is 142 Å². The number of fused-ring (bicyclic) bond motifs is 1. The SMILES string of the molecule is O=C(CN1C(=O)[C@H]2CCCC[C@H]2C1=O)Nc1cccc(C(F)(F)F)c1. The first-order chi connectivity index (χ1) is 11.8. The van der Waals surface area contributed by atoms with Crippen molar-refractivity contribution in [2.24, 2.45) is 11.8 Å². The highest BCUT2D eigenvalue weighted by Crippen LogP contribution is 2.38.